The molecule has 2 aliphatic rings. The van der Waals surface area contributed by atoms with E-state index in [9.17, 15) is 9.50 Å². The number of morpholine rings is 1. The van der Waals surface area contributed by atoms with Gasteiger partial charge in [-0.3, -0.25) is 9.80 Å². The van der Waals surface area contributed by atoms with E-state index >= 15 is 0 Å². The van der Waals surface area contributed by atoms with E-state index in [2.05, 4.69) is 9.80 Å². The quantitative estimate of drug-likeness (QED) is 0.436. The van der Waals surface area contributed by atoms with E-state index in [1.165, 1.54) is 25.0 Å². The summed E-state index contributed by atoms with van der Waals surface area (Å²) in [5.41, 5.74) is 2.84. The summed E-state index contributed by atoms with van der Waals surface area (Å²) in [5, 5.41) is 15.8. The Hall–Kier alpha value is -2.78. The summed E-state index contributed by atoms with van der Waals surface area (Å²) in [6.45, 7) is 5.91. The van der Waals surface area contributed by atoms with Crippen molar-refractivity contribution in [3.8, 4) is 22.9 Å². The molecular formula is C28H35FN4O3. The van der Waals surface area contributed by atoms with Gasteiger partial charge in [0.2, 0.25) is 5.88 Å². The molecule has 2 aromatic carbocycles. The maximum absolute atomic E-state index is 13.5. The number of β-amino-alcohol motifs (C(OH)–C–C–N with tert-alkyl or cyclic N) is 1. The number of nitrogens with zero attached hydrogens (tertiary/aromatic N) is 4. The highest BCUT2D eigenvalue weighted by atomic mass is 19.1. The molecule has 0 bridgehead atoms. The van der Waals surface area contributed by atoms with Crippen LogP contribution in [0.2, 0.25) is 0 Å². The summed E-state index contributed by atoms with van der Waals surface area (Å²) in [7, 11) is 1.87. The van der Waals surface area contributed by atoms with E-state index in [4.69, 9.17) is 14.6 Å². The smallest absolute Gasteiger partial charge is 0.222 e. The third-order valence-electron chi connectivity index (χ3n) is 6.80. The van der Waals surface area contributed by atoms with Crippen LogP contribution in [0.5, 0.6) is 11.6 Å². The zero-order chi connectivity index (χ0) is 24.9. The second kappa shape index (κ2) is 11.5. The van der Waals surface area contributed by atoms with Gasteiger partial charge in [-0.2, -0.15) is 5.10 Å². The molecule has 36 heavy (non-hydrogen) atoms. The Kier molecular flexibility index (Phi) is 7.96. The summed E-state index contributed by atoms with van der Waals surface area (Å²) >= 11 is 0. The van der Waals surface area contributed by atoms with Crippen LogP contribution in [0, 0.1) is 11.7 Å². The zero-order valence-electron chi connectivity index (χ0n) is 20.9. The molecule has 2 heterocycles. The van der Waals surface area contributed by atoms with Gasteiger partial charge < -0.3 is 14.6 Å². The van der Waals surface area contributed by atoms with Crippen LogP contribution in [0.15, 0.2) is 54.6 Å². The Bertz CT molecular complexity index is 1110. The highest BCUT2D eigenvalue weighted by molar-refractivity contribution is 5.65. The highest BCUT2D eigenvalue weighted by Gasteiger charge is 2.29. The Balaban J connectivity index is 1.41. The molecular weight excluding hydrogens is 459 g/mol. The topological polar surface area (TPSA) is 63.0 Å². The van der Waals surface area contributed by atoms with E-state index in [1.54, 1.807) is 16.8 Å². The van der Waals surface area contributed by atoms with Gasteiger partial charge in [0.1, 0.15) is 17.3 Å². The molecule has 1 N–H and O–H groups in total. The van der Waals surface area contributed by atoms with Crippen molar-refractivity contribution < 1.29 is 19.0 Å². The average Bonchev–Trinajstić information content (AvgIpc) is 3.65. The Morgan fingerprint density at radius 3 is 2.53 bits per heavy atom. The van der Waals surface area contributed by atoms with Gasteiger partial charge in [-0.1, -0.05) is 30.3 Å². The van der Waals surface area contributed by atoms with Crippen LogP contribution in [0.3, 0.4) is 0 Å². The van der Waals surface area contributed by atoms with Crippen molar-refractivity contribution in [2.24, 2.45) is 13.0 Å². The predicted octanol–water partition coefficient (Wildman–Crippen LogP) is 3.92. The van der Waals surface area contributed by atoms with Crippen molar-refractivity contribution in [3.63, 3.8) is 0 Å². The van der Waals surface area contributed by atoms with Crippen LogP contribution >= 0.6 is 0 Å². The van der Waals surface area contributed by atoms with Gasteiger partial charge in [0.15, 0.2) is 0 Å². The number of rotatable bonds is 11. The molecule has 1 atom stereocenters. The SMILES string of the molecule is Cn1nc(-c2ccccc2)c(CN(CC2CC2)C[C@H](O)CN2CCOCC2)c1Oc1ccc(F)cc1. The fraction of sp³-hybridized carbons (Fsp3) is 0.464. The van der Waals surface area contributed by atoms with Gasteiger partial charge >= 0.3 is 0 Å². The lowest BCUT2D eigenvalue weighted by atomic mass is 10.1. The van der Waals surface area contributed by atoms with Gasteiger partial charge in [0.25, 0.3) is 0 Å². The fourth-order valence-electron chi connectivity index (χ4n) is 4.80. The second-order valence-electron chi connectivity index (χ2n) is 9.88. The first kappa shape index (κ1) is 24.9. The monoisotopic (exact) mass is 494 g/mol. The summed E-state index contributed by atoms with van der Waals surface area (Å²) < 4.78 is 27.0. The predicted molar refractivity (Wildman–Crippen MR) is 136 cm³/mol. The number of aliphatic hydroxyl groups excluding tert-OH is 1. The van der Waals surface area contributed by atoms with Crippen LogP contribution in [0.4, 0.5) is 4.39 Å². The molecule has 192 valence electrons. The van der Waals surface area contributed by atoms with Crippen molar-refractivity contribution in [1.82, 2.24) is 19.6 Å². The van der Waals surface area contributed by atoms with Gasteiger partial charge in [-0.15, -0.1) is 0 Å². The lowest BCUT2D eigenvalue weighted by Gasteiger charge is -2.31. The molecule has 5 rings (SSSR count). The molecule has 2 fully saturated rings. The molecule has 1 aliphatic heterocycles. The maximum Gasteiger partial charge on any atom is 0.222 e. The molecule has 1 saturated carbocycles. The minimum atomic E-state index is -0.458. The van der Waals surface area contributed by atoms with Crippen LogP contribution in [0.25, 0.3) is 11.3 Å². The normalized spacial score (nSPS) is 17.4. The van der Waals surface area contributed by atoms with Gasteiger partial charge in [0, 0.05) is 51.9 Å². The average molecular weight is 495 g/mol. The van der Waals surface area contributed by atoms with Crippen LogP contribution in [0.1, 0.15) is 18.4 Å². The minimum absolute atomic E-state index is 0.303. The standard InChI is InChI=1S/C28H35FN4O3/c1-31-28(36-25-11-9-23(29)10-12-25)26(27(30-31)22-5-3-2-4-6-22)20-33(17-21-7-8-21)19-24(34)18-32-13-15-35-16-14-32/h2-6,9-12,21,24,34H,7-8,13-20H2,1H3/t24-/m1/s1. The molecule has 8 heteroatoms. The number of hydrogen-bond donors (Lipinski definition) is 1. The minimum Gasteiger partial charge on any atom is -0.439 e. The van der Waals surface area contributed by atoms with Crippen molar-refractivity contribution in [2.75, 3.05) is 45.9 Å². The molecule has 7 nitrogen and oxygen atoms in total. The third-order valence-corrected chi connectivity index (χ3v) is 6.80. The molecule has 0 unspecified atom stereocenters. The van der Waals surface area contributed by atoms with Crippen LogP contribution in [-0.2, 0) is 18.3 Å². The van der Waals surface area contributed by atoms with E-state index < -0.39 is 6.10 Å². The molecule has 1 aliphatic carbocycles. The Morgan fingerprint density at radius 1 is 1.11 bits per heavy atom. The van der Waals surface area contributed by atoms with Crippen molar-refractivity contribution in [3.05, 3.63) is 66.0 Å². The summed E-state index contributed by atoms with van der Waals surface area (Å²) in [5.74, 6) is 1.55. The van der Waals surface area contributed by atoms with E-state index in [1.807, 2.05) is 37.4 Å². The number of aromatic nitrogens is 2. The number of halogens is 1. The van der Waals surface area contributed by atoms with Crippen LogP contribution < -0.4 is 4.74 Å². The molecule has 3 aromatic rings. The van der Waals surface area contributed by atoms with E-state index in [-0.39, 0.29) is 5.82 Å². The van der Waals surface area contributed by atoms with Crippen molar-refractivity contribution >= 4 is 0 Å². The van der Waals surface area contributed by atoms with Crippen molar-refractivity contribution in [1.29, 1.82) is 0 Å². The van der Waals surface area contributed by atoms with E-state index in [0.717, 1.165) is 49.7 Å². The number of ether oxygens (including phenoxy) is 2. The zero-order valence-corrected chi connectivity index (χ0v) is 20.9. The Labute approximate surface area is 212 Å². The first-order valence-corrected chi connectivity index (χ1v) is 12.8. The van der Waals surface area contributed by atoms with Gasteiger partial charge in [-0.25, -0.2) is 9.07 Å². The van der Waals surface area contributed by atoms with Gasteiger partial charge in [-0.05, 0) is 43.0 Å². The number of benzene rings is 2. The first-order valence-electron chi connectivity index (χ1n) is 12.8. The second-order valence-corrected chi connectivity index (χ2v) is 9.88. The van der Waals surface area contributed by atoms with E-state index in [0.29, 0.717) is 37.2 Å². The molecule has 0 spiro atoms. The first-order chi connectivity index (χ1) is 17.5. The largest absolute Gasteiger partial charge is 0.439 e. The number of aryl methyl sites for hydroxylation is 1. The van der Waals surface area contributed by atoms with Gasteiger partial charge in [0.05, 0.1) is 24.9 Å². The highest BCUT2D eigenvalue weighted by Crippen LogP contribution is 2.36. The van der Waals surface area contributed by atoms with Crippen molar-refractivity contribution in [2.45, 2.75) is 25.5 Å². The third kappa shape index (κ3) is 6.50. The maximum atomic E-state index is 13.5. The molecule has 1 aromatic heterocycles. The summed E-state index contributed by atoms with van der Waals surface area (Å²) in [6.07, 6.45) is 2.00. The summed E-state index contributed by atoms with van der Waals surface area (Å²) in [4.78, 5) is 4.61. The summed E-state index contributed by atoms with van der Waals surface area (Å²) in [6, 6.07) is 16.1. The molecule has 1 saturated heterocycles. The lowest BCUT2D eigenvalue weighted by Crippen LogP contribution is -2.44. The number of hydrogen-bond acceptors (Lipinski definition) is 6. The molecule has 0 amide bonds. The van der Waals surface area contributed by atoms with Crippen LogP contribution in [-0.4, -0.2) is 76.7 Å². The molecule has 0 radical (unpaired) electrons. The lowest BCUT2D eigenvalue weighted by molar-refractivity contribution is 0.00587. The fourth-order valence-corrected chi connectivity index (χ4v) is 4.80. The number of aliphatic hydroxyl groups is 1. The Morgan fingerprint density at radius 2 is 1.83 bits per heavy atom.